The number of carbonyl (C=O) groups is 2. The summed E-state index contributed by atoms with van der Waals surface area (Å²) in [5, 5.41) is 3.13. The zero-order chi connectivity index (χ0) is 20.3. The molecule has 2 aromatic rings. The van der Waals surface area contributed by atoms with Crippen LogP contribution in [-0.4, -0.2) is 37.5 Å². The van der Waals surface area contributed by atoms with Crippen molar-refractivity contribution in [2.75, 3.05) is 26.1 Å². The second-order valence-electron chi connectivity index (χ2n) is 6.92. The Morgan fingerprint density at radius 3 is 2.29 bits per heavy atom. The number of anilines is 1. The minimum absolute atomic E-state index is 0.163. The van der Waals surface area contributed by atoms with Gasteiger partial charge in [-0.1, -0.05) is 44.2 Å². The van der Waals surface area contributed by atoms with Gasteiger partial charge in [0.2, 0.25) is 0 Å². The number of nitrogens with zero attached hydrogens (tertiary/aromatic N) is 1. The maximum Gasteiger partial charge on any atom is 0.278 e. The molecule has 0 fully saturated rings. The van der Waals surface area contributed by atoms with Crippen LogP contribution in [0.1, 0.15) is 19.4 Å². The summed E-state index contributed by atoms with van der Waals surface area (Å²) >= 11 is 0. The third-order valence-corrected chi connectivity index (χ3v) is 4.44. The number of hydrogen-bond acceptors (Lipinski definition) is 5. The predicted octanol–water partition coefficient (Wildman–Crippen LogP) is 3.55. The highest BCUT2D eigenvalue weighted by Crippen LogP contribution is 2.35. The monoisotopic (exact) mass is 380 g/mol. The Morgan fingerprint density at radius 1 is 0.964 bits per heavy atom. The molecule has 0 saturated heterocycles. The number of rotatable bonds is 7. The minimum atomic E-state index is -0.345. The lowest BCUT2D eigenvalue weighted by atomic mass is 10.0. The number of benzene rings is 2. The van der Waals surface area contributed by atoms with E-state index in [0.717, 1.165) is 0 Å². The first-order valence-electron chi connectivity index (χ1n) is 9.11. The van der Waals surface area contributed by atoms with Gasteiger partial charge in [0.25, 0.3) is 11.8 Å². The lowest BCUT2D eigenvalue weighted by Gasteiger charge is -2.18. The molecular formula is C22H24N2O4. The number of nitrogens with one attached hydrogen (secondary N) is 1. The molecule has 0 saturated carbocycles. The van der Waals surface area contributed by atoms with Crippen molar-refractivity contribution in [3.05, 3.63) is 59.8 Å². The first-order chi connectivity index (χ1) is 13.5. The fourth-order valence-corrected chi connectivity index (χ4v) is 3.14. The van der Waals surface area contributed by atoms with Crippen molar-refractivity contribution in [3.8, 4) is 11.5 Å². The fourth-order valence-electron chi connectivity index (χ4n) is 3.14. The molecular weight excluding hydrogens is 356 g/mol. The molecule has 0 aliphatic carbocycles. The lowest BCUT2D eigenvalue weighted by molar-refractivity contribution is -0.137. The first-order valence-corrected chi connectivity index (χ1v) is 9.11. The summed E-state index contributed by atoms with van der Waals surface area (Å²) in [5.41, 5.74) is 1.84. The molecule has 0 bridgehead atoms. The Balaban J connectivity index is 2.10. The van der Waals surface area contributed by atoms with Crippen molar-refractivity contribution in [1.82, 2.24) is 4.90 Å². The molecule has 1 aliphatic rings. The van der Waals surface area contributed by atoms with Crippen LogP contribution < -0.4 is 14.8 Å². The summed E-state index contributed by atoms with van der Waals surface area (Å²) < 4.78 is 10.7. The molecule has 6 heteroatoms. The van der Waals surface area contributed by atoms with Gasteiger partial charge in [0.1, 0.15) is 17.2 Å². The Kier molecular flexibility index (Phi) is 5.68. The van der Waals surface area contributed by atoms with Gasteiger partial charge in [-0.15, -0.1) is 0 Å². The standard InChI is InChI=1S/C22H24N2O4/c1-14(2)13-24-21(25)19(15-8-6-5-7-9-15)20(22(24)26)23-17-12-16(27-3)10-11-18(17)28-4/h5-12,14,23H,13H2,1-4H3. The molecule has 146 valence electrons. The molecule has 1 aliphatic heterocycles. The van der Waals surface area contributed by atoms with E-state index in [2.05, 4.69) is 5.32 Å². The Labute approximate surface area is 164 Å². The zero-order valence-electron chi connectivity index (χ0n) is 16.5. The highest BCUT2D eigenvalue weighted by Gasteiger charge is 2.39. The van der Waals surface area contributed by atoms with Crippen LogP contribution in [0.25, 0.3) is 5.57 Å². The number of amides is 2. The minimum Gasteiger partial charge on any atom is -0.497 e. The van der Waals surface area contributed by atoms with Gasteiger partial charge in [-0.05, 0) is 23.6 Å². The van der Waals surface area contributed by atoms with Crippen LogP contribution in [0.2, 0.25) is 0 Å². The number of imide groups is 1. The summed E-state index contributed by atoms with van der Waals surface area (Å²) in [6.07, 6.45) is 0. The Hall–Kier alpha value is -3.28. The zero-order valence-corrected chi connectivity index (χ0v) is 16.5. The summed E-state index contributed by atoms with van der Waals surface area (Å²) in [4.78, 5) is 27.5. The van der Waals surface area contributed by atoms with Crippen LogP contribution in [0.5, 0.6) is 11.5 Å². The fraction of sp³-hybridized carbons (Fsp3) is 0.273. The van der Waals surface area contributed by atoms with Gasteiger partial charge in [0.05, 0.1) is 25.5 Å². The lowest BCUT2D eigenvalue weighted by Crippen LogP contribution is -2.35. The number of ether oxygens (including phenoxy) is 2. The van der Waals surface area contributed by atoms with Crippen LogP contribution in [-0.2, 0) is 9.59 Å². The number of methoxy groups -OCH3 is 2. The van der Waals surface area contributed by atoms with Crippen LogP contribution in [0.15, 0.2) is 54.2 Å². The second kappa shape index (κ2) is 8.17. The molecule has 2 aromatic carbocycles. The molecule has 6 nitrogen and oxygen atoms in total. The highest BCUT2D eigenvalue weighted by atomic mass is 16.5. The van der Waals surface area contributed by atoms with E-state index in [1.165, 1.54) is 4.90 Å². The highest BCUT2D eigenvalue weighted by molar-refractivity contribution is 6.36. The van der Waals surface area contributed by atoms with E-state index in [1.54, 1.807) is 32.4 Å². The van der Waals surface area contributed by atoms with E-state index >= 15 is 0 Å². The van der Waals surface area contributed by atoms with Gasteiger partial charge < -0.3 is 14.8 Å². The van der Waals surface area contributed by atoms with Gasteiger partial charge >= 0.3 is 0 Å². The average Bonchev–Trinajstić information content (AvgIpc) is 2.92. The normalized spacial score (nSPS) is 14.1. The quantitative estimate of drug-likeness (QED) is 0.744. The van der Waals surface area contributed by atoms with E-state index in [-0.39, 0.29) is 23.4 Å². The van der Waals surface area contributed by atoms with Gasteiger partial charge in [-0.2, -0.15) is 0 Å². The Morgan fingerprint density at radius 2 is 1.68 bits per heavy atom. The number of hydrogen-bond donors (Lipinski definition) is 1. The first kappa shape index (κ1) is 19.5. The topological polar surface area (TPSA) is 67.9 Å². The molecule has 3 rings (SSSR count). The molecule has 28 heavy (non-hydrogen) atoms. The molecule has 0 atom stereocenters. The van der Waals surface area contributed by atoms with E-state index in [9.17, 15) is 9.59 Å². The summed E-state index contributed by atoms with van der Waals surface area (Å²) in [7, 11) is 3.11. The van der Waals surface area contributed by atoms with E-state index in [4.69, 9.17) is 9.47 Å². The van der Waals surface area contributed by atoms with Gasteiger partial charge in [-0.25, -0.2) is 0 Å². The van der Waals surface area contributed by atoms with Crippen molar-refractivity contribution < 1.29 is 19.1 Å². The molecule has 1 N–H and O–H groups in total. The van der Waals surface area contributed by atoms with Crippen LogP contribution >= 0.6 is 0 Å². The summed E-state index contributed by atoms with van der Waals surface area (Å²) in [6, 6.07) is 14.4. The second-order valence-corrected chi connectivity index (χ2v) is 6.92. The maximum atomic E-state index is 13.1. The third kappa shape index (κ3) is 3.71. The summed E-state index contributed by atoms with van der Waals surface area (Å²) in [5.74, 6) is 0.677. The predicted molar refractivity (Wildman–Crippen MR) is 108 cm³/mol. The van der Waals surface area contributed by atoms with E-state index < -0.39 is 0 Å². The van der Waals surface area contributed by atoms with Gasteiger partial charge in [0.15, 0.2) is 0 Å². The van der Waals surface area contributed by atoms with Crippen molar-refractivity contribution >= 4 is 23.1 Å². The molecule has 0 spiro atoms. The molecule has 2 amide bonds. The molecule has 0 unspecified atom stereocenters. The van der Waals surface area contributed by atoms with Crippen molar-refractivity contribution in [2.24, 2.45) is 5.92 Å². The van der Waals surface area contributed by atoms with E-state index in [1.807, 2.05) is 44.2 Å². The van der Waals surface area contributed by atoms with Gasteiger partial charge in [-0.3, -0.25) is 14.5 Å². The van der Waals surface area contributed by atoms with Crippen molar-refractivity contribution in [3.63, 3.8) is 0 Å². The largest absolute Gasteiger partial charge is 0.497 e. The molecule has 1 heterocycles. The van der Waals surface area contributed by atoms with Crippen LogP contribution in [0, 0.1) is 5.92 Å². The molecule has 0 radical (unpaired) electrons. The van der Waals surface area contributed by atoms with Gasteiger partial charge in [0, 0.05) is 12.6 Å². The van der Waals surface area contributed by atoms with E-state index in [0.29, 0.717) is 34.9 Å². The average molecular weight is 380 g/mol. The summed E-state index contributed by atoms with van der Waals surface area (Å²) in [6.45, 7) is 4.30. The van der Waals surface area contributed by atoms with Crippen LogP contribution in [0.3, 0.4) is 0 Å². The van der Waals surface area contributed by atoms with Crippen molar-refractivity contribution in [1.29, 1.82) is 0 Å². The van der Waals surface area contributed by atoms with Crippen molar-refractivity contribution in [2.45, 2.75) is 13.8 Å². The smallest absolute Gasteiger partial charge is 0.278 e. The SMILES string of the molecule is COc1ccc(OC)c(NC2=C(c3ccccc3)C(=O)N(CC(C)C)C2=O)c1. The molecule has 0 aromatic heterocycles. The number of carbonyl (C=O) groups excluding carboxylic acids is 2. The third-order valence-electron chi connectivity index (χ3n) is 4.44. The maximum absolute atomic E-state index is 13.1. The Bertz CT molecular complexity index is 919. The van der Waals surface area contributed by atoms with Crippen LogP contribution in [0.4, 0.5) is 5.69 Å².